The van der Waals surface area contributed by atoms with E-state index in [9.17, 15) is 9.59 Å². The molecular weight excluding hydrogens is 342 g/mol. The zero-order chi connectivity index (χ0) is 19.8. The van der Waals surface area contributed by atoms with Crippen LogP contribution in [0.1, 0.15) is 56.0 Å². The van der Waals surface area contributed by atoms with Crippen LogP contribution in [-0.4, -0.2) is 24.6 Å². The van der Waals surface area contributed by atoms with Crippen LogP contribution in [0.3, 0.4) is 0 Å². The fraction of sp³-hybridized carbons (Fsp3) is 0.364. The van der Waals surface area contributed by atoms with E-state index in [1.165, 1.54) is 0 Å². The Morgan fingerprint density at radius 2 is 1.67 bits per heavy atom. The maximum atomic E-state index is 12.5. The van der Waals surface area contributed by atoms with Gasteiger partial charge in [-0.2, -0.15) is 0 Å². The number of esters is 1. The summed E-state index contributed by atoms with van der Waals surface area (Å²) >= 11 is 0. The number of amides is 1. The second-order valence-corrected chi connectivity index (χ2v) is 6.39. The highest BCUT2D eigenvalue weighted by molar-refractivity contribution is 5.95. The van der Waals surface area contributed by atoms with Crippen molar-refractivity contribution in [3.63, 3.8) is 0 Å². The average molecular weight is 369 g/mol. The zero-order valence-corrected chi connectivity index (χ0v) is 16.3. The molecule has 1 N–H and O–H groups in total. The summed E-state index contributed by atoms with van der Waals surface area (Å²) in [6.07, 6.45) is 0.341. The Labute approximate surface area is 160 Å². The molecule has 27 heavy (non-hydrogen) atoms. The largest absolute Gasteiger partial charge is 0.481 e. The molecule has 2 unspecified atom stereocenters. The predicted octanol–water partition coefficient (Wildman–Crippen LogP) is 4.78. The van der Waals surface area contributed by atoms with Gasteiger partial charge in [-0.15, -0.1) is 0 Å². The van der Waals surface area contributed by atoms with Crippen LogP contribution in [0.2, 0.25) is 0 Å². The van der Waals surface area contributed by atoms with Gasteiger partial charge in [-0.25, -0.2) is 4.79 Å². The second kappa shape index (κ2) is 9.76. The van der Waals surface area contributed by atoms with E-state index in [4.69, 9.17) is 9.47 Å². The Morgan fingerprint density at radius 1 is 1.00 bits per heavy atom. The summed E-state index contributed by atoms with van der Waals surface area (Å²) in [7, 11) is 0. The van der Waals surface area contributed by atoms with Crippen molar-refractivity contribution in [1.29, 1.82) is 0 Å². The highest BCUT2D eigenvalue weighted by Crippen LogP contribution is 2.29. The van der Waals surface area contributed by atoms with Crippen molar-refractivity contribution < 1.29 is 19.1 Å². The van der Waals surface area contributed by atoms with Crippen LogP contribution in [0.5, 0.6) is 5.75 Å². The minimum Gasteiger partial charge on any atom is -0.481 e. The summed E-state index contributed by atoms with van der Waals surface area (Å²) in [4.78, 5) is 24.1. The van der Waals surface area contributed by atoms with Crippen LogP contribution in [0, 0.1) is 0 Å². The lowest BCUT2D eigenvalue weighted by atomic mass is 9.98. The van der Waals surface area contributed by atoms with Gasteiger partial charge in [0.25, 0.3) is 5.91 Å². The maximum absolute atomic E-state index is 12.5. The number of carbonyl (C=O) groups excluding carboxylic acids is 2. The zero-order valence-electron chi connectivity index (χ0n) is 16.3. The summed E-state index contributed by atoms with van der Waals surface area (Å²) in [6.45, 7) is 8.06. The van der Waals surface area contributed by atoms with E-state index in [2.05, 4.69) is 19.2 Å². The van der Waals surface area contributed by atoms with E-state index < -0.39 is 6.10 Å². The fourth-order valence-corrected chi connectivity index (χ4v) is 2.61. The fourth-order valence-electron chi connectivity index (χ4n) is 2.61. The van der Waals surface area contributed by atoms with E-state index in [0.29, 0.717) is 23.8 Å². The first-order valence-electron chi connectivity index (χ1n) is 9.29. The summed E-state index contributed by atoms with van der Waals surface area (Å²) < 4.78 is 10.9. The SMILES string of the molecule is CCOC(=O)c1ccc(NC(=O)C(C)Oc2ccccc2C(C)CC)cc1. The molecule has 0 radical (unpaired) electrons. The standard InChI is InChI=1S/C22H27NO4/c1-5-15(3)19-9-7-8-10-20(19)27-16(4)21(24)23-18-13-11-17(12-14-18)22(25)26-6-2/h7-16H,5-6H2,1-4H3,(H,23,24). The lowest BCUT2D eigenvalue weighted by molar-refractivity contribution is -0.122. The Kier molecular flexibility index (Phi) is 7.41. The van der Waals surface area contributed by atoms with Crippen LogP contribution in [0.25, 0.3) is 0 Å². The molecule has 0 spiro atoms. The van der Waals surface area contributed by atoms with Gasteiger partial charge >= 0.3 is 5.97 Å². The first kappa shape index (κ1) is 20.5. The first-order valence-corrected chi connectivity index (χ1v) is 9.29. The Hall–Kier alpha value is -2.82. The van der Waals surface area contributed by atoms with Crippen LogP contribution >= 0.6 is 0 Å². The van der Waals surface area contributed by atoms with Gasteiger partial charge in [0.2, 0.25) is 0 Å². The average Bonchev–Trinajstić information content (AvgIpc) is 2.68. The molecule has 0 fully saturated rings. The van der Waals surface area contributed by atoms with Crippen molar-refractivity contribution in [3.8, 4) is 5.75 Å². The third-order valence-electron chi connectivity index (χ3n) is 4.40. The lowest BCUT2D eigenvalue weighted by Crippen LogP contribution is -2.30. The molecule has 0 saturated heterocycles. The Balaban J connectivity index is 2.01. The number of anilines is 1. The van der Waals surface area contributed by atoms with E-state index in [1.54, 1.807) is 38.1 Å². The molecule has 5 nitrogen and oxygen atoms in total. The molecule has 0 bridgehead atoms. The van der Waals surface area contributed by atoms with Gasteiger partial charge in [0.1, 0.15) is 5.75 Å². The molecule has 0 aliphatic carbocycles. The molecule has 0 aromatic heterocycles. The molecule has 2 rings (SSSR count). The highest BCUT2D eigenvalue weighted by Gasteiger charge is 2.18. The van der Waals surface area contributed by atoms with Crippen LogP contribution in [0.15, 0.2) is 48.5 Å². The van der Waals surface area contributed by atoms with Gasteiger partial charge in [-0.3, -0.25) is 4.79 Å². The summed E-state index contributed by atoms with van der Waals surface area (Å²) in [5.74, 6) is 0.450. The molecular formula is C22H27NO4. The van der Waals surface area contributed by atoms with Crippen molar-refractivity contribution in [2.45, 2.75) is 46.1 Å². The minimum atomic E-state index is -0.653. The number of nitrogens with one attached hydrogen (secondary N) is 1. The Morgan fingerprint density at radius 3 is 2.30 bits per heavy atom. The molecule has 2 atom stereocenters. The van der Waals surface area contributed by atoms with Crippen molar-refractivity contribution >= 4 is 17.6 Å². The van der Waals surface area contributed by atoms with Crippen LogP contribution < -0.4 is 10.1 Å². The highest BCUT2D eigenvalue weighted by atomic mass is 16.5. The third-order valence-corrected chi connectivity index (χ3v) is 4.40. The van der Waals surface area contributed by atoms with Gasteiger partial charge in [0.05, 0.1) is 12.2 Å². The van der Waals surface area contributed by atoms with Gasteiger partial charge in [-0.05, 0) is 62.1 Å². The summed E-state index contributed by atoms with van der Waals surface area (Å²) in [5.41, 5.74) is 2.14. The van der Waals surface area contributed by atoms with Gasteiger partial charge in [0, 0.05) is 5.69 Å². The minimum absolute atomic E-state index is 0.252. The van der Waals surface area contributed by atoms with Crippen LogP contribution in [-0.2, 0) is 9.53 Å². The molecule has 144 valence electrons. The molecule has 0 aliphatic rings. The summed E-state index contributed by atoms with van der Waals surface area (Å²) in [5, 5.41) is 2.81. The number of carbonyl (C=O) groups is 2. The van der Waals surface area contributed by atoms with Crippen molar-refractivity contribution in [2.24, 2.45) is 0 Å². The van der Waals surface area contributed by atoms with Gasteiger partial charge in [0.15, 0.2) is 6.10 Å². The lowest BCUT2D eigenvalue weighted by Gasteiger charge is -2.19. The van der Waals surface area contributed by atoms with E-state index >= 15 is 0 Å². The molecule has 0 saturated carbocycles. The van der Waals surface area contributed by atoms with E-state index in [-0.39, 0.29) is 11.9 Å². The normalized spacial score (nSPS) is 12.7. The Bertz CT molecular complexity index is 770. The second-order valence-electron chi connectivity index (χ2n) is 6.39. The van der Waals surface area contributed by atoms with Gasteiger partial charge in [-0.1, -0.05) is 32.0 Å². The number of para-hydroxylation sites is 1. The first-order chi connectivity index (χ1) is 13.0. The molecule has 0 heterocycles. The summed E-state index contributed by atoms with van der Waals surface area (Å²) in [6, 6.07) is 14.4. The van der Waals surface area contributed by atoms with Crippen LogP contribution in [0.4, 0.5) is 5.69 Å². The third kappa shape index (κ3) is 5.58. The van der Waals surface area contributed by atoms with Crippen molar-refractivity contribution in [1.82, 2.24) is 0 Å². The molecule has 0 aliphatic heterocycles. The molecule has 2 aromatic rings. The van der Waals surface area contributed by atoms with Crippen molar-refractivity contribution in [3.05, 3.63) is 59.7 Å². The number of ether oxygens (including phenoxy) is 2. The van der Waals surface area contributed by atoms with E-state index in [1.807, 2.05) is 24.3 Å². The quantitative estimate of drug-likeness (QED) is 0.680. The monoisotopic (exact) mass is 369 g/mol. The molecule has 5 heteroatoms. The van der Waals surface area contributed by atoms with E-state index in [0.717, 1.165) is 17.7 Å². The smallest absolute Gasteiger partial charge is 0.338 e. The number of rotatable bonds is 8. The van der Waals surface area contributed by atoms with Crippen molar-refractivity contribution in [2.75, 3.05) is 11.9 Å². The van der Waals surface area contributed by atoms with Gasteiger partial charge < -0.3 is 14.8 Å². The predicted molar refractivity (Wildman–Crippen MR) is 106 cm³/mol. The number of hydrogen-bond donors (Lipinski definition) is 1. The molecule has 2 aromatic carbocycles. The maximum Gasteiger partial charge on any atom is 0.338 e. The topological polar surface area (TPSA) is 64.6 Å². The molecule has 1 amide bonds. The number of benzene rings is 2. The number of hydrogen-bond acceptors (Lipinski definition) is 4.